The SMILES string of the molecule is O=C(N[C]1[CH][CH][CH][CH]1)c1ccc2ccccc2n1. The van der Waals surface area contributed by atoms with Crippen molar-refractivity contribution in [3.05, 3.63) is 73.8 Å². The van der Waals surface area contributed by atoms with Crippen molar-refractivity contribution < 1.29 is 4.79 Å². The number of carbonyl (C=O) groups excluding carboxylic acids is 1. The summed E-state index contributed by atoms with van der Waals surface area (Å²) in [5.74, 6) is -0.188. The highest BCUT2D eigenvalue weighted by atomic mass is 16.1. The van der Waals surface area contributed by atoms with Crippen molar-refractivity contribution in [1.82, 2.24) is 10.3 Å². The van der Waals surface area contributed by atoms with Crippen LogP contribution in [-0.2, 0) is 0 Å². The Morgan fingerprint density at radius 1 is 1.00 bits per heavy atom. The Labute approximate surface area is 106 Å². The summed E-state index contributed by atoms with van der Waals surface area (Å²) >= 11 is 0. The zero-order valence-corrected chi connectivity index (χ0v) is 9.63. The number of benzene rings is 1. The Balaban J connectivity index is 1.82. The minimum atomic E-state index is -0.188. The molecule has 5 radical (unpaired) electrons. The molecule has 1 aliphatic carbocycles. The van der Waals surface area contributed by atoms with E-state index in [-0.39, 0.29) is 5.91 Å². The predicted octanol–water partition coefficient (Wildman–Crippen LogP) is 2.33. The van der Waals surface area contributed by atoms with Gasteiger partial charge in [0, 0.05) is 5.39 Å². The van der Waals surface area contributed by atoms with Crippen LogP contribution < -0.4 is 5.32 Å². The molecule has 1 aliphatic rings. The summed E-state index contributed by atoms with van der Waals surface area (Å²) in [7, 11) is 0. The Bertz CT molecular complexity index is 573. The lowest BCUT2D eigenvalue weighted by Gasteiger charge is -2.10. The third-order valence-corrected chi connectivity index (χ3v) is 2.75. The lowest BCUT2D eigenvalue weighted by atomic mass is 10.2. The number of nitrogens with zero attached hydrogens (tertiary/aromatic N) is 1. The number of amides is 1. The van der Waals surface area contributed by atoms with Gasteiger partial charge in [-0.15, -0.1) is 0 Å². The lowest BCUT2D eigenvalue weighted by Crippen LogP contribution is -2.27. The molecule has 3 nitrogen and oxygen atoms in total. The Morgan fingerprint density at radius 3 is 2.61 bits per heavy atom. The number of rotatable bonds is 2. The van der Waals surface area contributed by atoms with Crippen molar-refractivity contribution in [1.29, 1.82) is 0 Å². The third kappa shape index (κ3) is 2.21. The van der Waals surface area contributed by atoms with Gasteiger partial charge >= 0.3 is 0 Å². The van der Waals surface area contributed by atoms with Gasteiger partial charge in [-0.05, 0) is 37.8 Å². The van der Waals surface area contributed by atoms with Crippen LogP contribution in [0.2, 0.25) is 0 Å². The van der Waals surface area contributed by atoms with Crippen molar-refractivity contribution in [2.45, 2.75) is 0 Å². The fourth-order valence-corrected chi connectivity index (χ4v) is 1.84. The summed E-state index contributed by atoms with van der Waals surface area (Å²) < 4.78 is 0. The van der Waals surface area contributed by atoms with Gasteiger partial charge in [0.2, 0.25) is 0 Å². The van der Waals surface area contributed by atoms with Crippen molar-refractivity contribution >= 4 is 16.8 Å². The molecule has 0 aliphatic heterocycles. The first kappa shape index (κ1) is 11.2. The molecule has 0 spiro atoms. The van der Waals surface area contributed by atoms with Gasteiger partial charge in [-0.3, -0.25) is 4.79 Å². The minimum absolute atomic E-state index is 0.188. The highest BCUT2D eigenvalue weighted by molar-refractivity contribution is 5.96. The van der Waals surface area contributed by atoms with Crippen LogP contribution in [0.15, 0.2) is 36.4 Å². The molecule has 3 heteroatoms. The van der Waals surface area contributed by atoms with Crippen LogP contribution in [0.1, 0.15) is 10.5 Å². The average molecular weight is 235 g/mol. The lowest BCUT2D eigenvalue weighted by molar-refractivity contribution is 0.0955. The number of hydrogen-bond acceptors (Lipinski definition) is 2. The molecule has 0 bridgehead atoms. The molecule has 1 heterocycles. The van der Waals surface area contributed by atoms with E-state index in [1.54, 1.807) is 6.07 Å². The Hall–Kier alpha value is -1.90. The molecule has 1 N–H and O–H groups in total. The van der Waals surface area contributed by atoms with Gasteiger partial charge in [-0.25, -0.2) is 4.98 Å². The summed E-state index contributed by atoms with van der Waals surface area (Å²) in [4.78, 5) is 16.3. The second kappa shape index (κ2) is 4.77. The monoisotopic (exact) mass is 235 g/mol. The van der Waals surface area contributed by atoms with Crippen molar-refractivity contribution in [3.8, 4) is 0 Å². The zero-order valence-electron chi connectivity index (χ0n) is 9.63. The predicted molar refractivity (Wildman–Crippen MR) is 69.7 cm³/mol. The molecule has 1 saturated carbocycles. The summed E-state index contributed by atoms with van der Waals surface area (Å²) in [6.45, 7) is 0. The molecule has 0 atom stereocenters. The normalized spacial score (nSPS) is 16.0. The molecule has 1 aromatic carbocycles. The third-order valence-electron chi connectivity index (χ3n) is 2.75. The smallest absolute Gasteiger partial charge is 0.270 e. The summed E-state index contributed by atoms with van der Waals surface area (Å²) in [6.07, 6.45) is 7.45. The fraction of sp³-hybridized carbons (Fsp3) is 0. The molecule has 0 unspecified atom stereocenters. The van der Waals surface area contributed by atoms with Crippen LogP contribution in [0.3, 0.4) is 0 Å². The van der Waals surface area contributed by atoms with Gasteiger partial charge in [-0.2, -0.15) is 0 Å². The van der Waals surface area contributed by atoms with Crippen LogP contribution in [0.5, 0.6) is 0 Å². The first-order valence-corrected chi connectivity index (χ1v) is 5.72. The maximum Gasteiger partial charge on any atom is 0.270 e. The quantitative estimate of drug-likeness (QED) is 0.868. The molecule has 87 valence electrons. The maximum atomic E-state index is 12.0. The highest BCUT2D eigenvalue weighted by Crippen LogP contribution is 2.20. The molecule has 1 aromatic heterocycles. The van der Waals surface area contributed by atoms with Crippen LogP contribution in [-0.4, -0.2) is 10.9 Å². The van der Waals surface area contributed by atoms with E-state index in [4.69, 9.17) is 0 Å². The standard InChI is InChI=1S/C15H11N2O/c18-15(16-12-6-2-3-7-12)14-10-9-11-5-1-4-8-13(11)17-14/h1-10H,(H,16,18). The highest BCUT2D eigenvalue weighted by Gasteiger charge is 2.20. The Kier molecular flexibility index (Phi) is 2.97. The van der Waals surface area contributed by atoms with Crippen molar-refractivity contribution in [3.63, 3.8) is 0 Å². The molecule has 1 amide bonds. The van der Waals surface area contributed by atoms with Gasteiger partial charge in [0.25, 0.3) is 5.91 Å². The number of aromatic nitrogens is 1. The van der Waals surface area contributed by atoms with E-state index in [2.05, 4.69) is 10.3 Å². The van der Waals surface area contributed by atoms with Crippen LogP contribution >= 0.6 is 0 Å². The first-order valence-electron chi connectivity index (χ1n) is 5.72. The van der Waals surface area contributed by atoms with Crippen molar-refractivity contribution in [2.24, 2.45) is 0 Å². The summed E-state index contributed by atoms with van der Waals surface area (Å²) in [5, 5.41) is 3.83. The Morgan fingerprint density at radius 2 is 1.78 bits per heavy atom. The second-order valence-electron chi connectivity index (χ2n) is 4.02. The summed E-state index contributed by atoms with van der Waals surface area (Å²) in [5.41, 5.74) is 1.25. The van der Waals surface area contributed by atoms with Crippen LogP contribution in [0, 0.1) is 31.7 Å². The average Bonchev–Trinajstić information content (AvgIpc) is 2.91. The first-order chi connectivity index (χ1) is 8.83. The van der Waals surface area contributed by atoms with Gasteiger partial charge < -0.3 is 5.32 Å². The fourth-order valence-electron chi connectivity index (χ4n) is 1.84. The number of fused-ring (bicyclic) bond motifs is 1. The van der Waals surface area contributed by atoms with Crippen LogP contribution in [0.4, 0.5) is 0 Å². The molecule has 1 fully saturated rings. The van der Waals surface area contributed by atoms with E-state index in [1.807, 2.05) is 56.0 Å². The minimum Gasteiger partial charge on any atom is -0.342 e. The van der Waals surface area contributed by atoms with E-state index in [1.165, 1.54) is 0 Å². The van der Waals surface area contributed by atoms with Gasteiger partial charge in [0.15, 0.2) is 0 Å². The van der Waals surface area contributed by atoms with Crippen molar-refractivity contribution in [2.75, 3.05) is 0 Å². The molecule has 18 heavy (non-hydrogen) atoms. The van der Waals surface area contributed by atoms with E-state index >= 15 is 0 Å². The largest absolute Gasteiger partial charge is 0.342 e. The van der Waals surface area contributed by atoms with Gasteiger partial charge in [0.05, 0.1) is 11.6 Å². The second-order valence-corrected chi connectivity index (χ2v) is 4.02. The molecule has 0 saturated heterocycles. The zero-order chi connectivity index (χ0) is 12.4. The molecular formula is C15H11N2O. The van der Waals surface area contributed by atoms with Gasteiger partial charge in [-0.1, -0.05) is 24.3 Å². The number of carbonyl (C=O) groups is 1. The number of nitrogens with one attached hydrogen (secondary N) is 1. The van der Waals surface area contributed by atoms with Crippen LogP contribution in [0.25, 0.3) is 10.9 Å². The summed E-state index contributed by atoms with van der Waals surface area (Å²) in [6, 6.07) is 12.2. The maximum absolute atomic E-state index is 12.0. The van der Waals surface area contributed by atoms with E-state index < -0.39 is 0 Å². The van der Waals surface area contributed by atoms with Gasteiger partial charge in [0.1, 0.15) is 5.69 Å². The number of pyridine rings is 1. The number of para-hydroxylation sites is 1. The van der Waals surface area contributed by atoms with E-state index in [0.717, 1.165) is 16.9 Å². The molecular weight excluding hydrogens is 224 g/mol. The van der Waals surface area contributed by atoms with E-state index in [9.17, 15) is 4.79 Å². The number of hydrogen-bond donors (Lipinski definition) is 1. The van der Waals surface area contributed by atoms with E-state index in [0.29, 0.717) is 5.69 Å². The topological polar surface area (TPSA) is 42.0 Å². The molecule has 3 rings (SSSR count). The molecule has 2 aromatic rings.